The molecular weight excluding hydrogens is 310 g/mol. The van der Waals surface area contributed by atoms with E-state index in [-0.39, 0.29) is 28.0 Å². The molecule has 0 saturated carbocycles. The van der Waals surface area contributed by atoms with Gasteiger partial charge in [-0.1, -0.05) is 30.3 Å². The van der Waals surface area contributed by atoms with Gasteiger partial charge in [0.2, 0.25) is 0 Å². The third-order valence-electron chi connectivity index (χ3n) is 3.56. The van der Waals surface area contributed by atoms with Gasteiger partial charge in [0.25, 0.3) is 11.4 Å². The highest BCUT2D eigenvalue weighted by Crippen LogP contribution is 2.30. The first-order chi connectivity index (χ1) is 11.6. The predicted octanol–water partition coefficient (Wildman–Crippen LogP) is 1.87. The van der Waals surface area contributed by atoms with Crippen LogP contribution in [0.4, 0.5) is 4.79 Å². The predicted molar refractivity (Wildman–Crippen MR) is 88.3 cm³/mol. The van der Waals surface area contributed by atoms with Crippen molar-refractivity contribution in [2.45, 2.75) is 6.54 Å². The van der Waals surface area contributed by atoms with E-state index in [2.05, 4.69) is 10.3 Å². The maximum absolute atomic E-state index is 12.6. The molecule has 24 heavy (non-hydrogen) atoms. The number of carbonyl (C=O) groups excluding carboxylic acids is 1. The van der Waals surface area contributed by atoms with E-state index >= 15 is 0 Å². The molecule has 122 valence electrons. The molecule has 0 aliphatic heterocycles. The van der Waals surface area contributed by atoms with Crippen molar-refractivity contribution in [3.05, 3.63) is 64.7 Å². The minimum atomic E-state index is -0.755. The highest BCUT2D eigenvalue weighted by Gasteiger charge is 2.15. The fourth-order valence-corrected chi connectivity index (χ4v) is 2.34. The molecule has 2 heterocycles. The molecule has 0 unspecified atom stereocenters. The number of hydrogen-bond donors (Lipinski definition) is 2. The van der Waals surface area contributed by atoms with Crippen molar-refractivity contribution in [2.75, 3.05) is 7.05 Å². The number of aromatic nitrogens is 2. The van der Waals surface area contributed by atoms with Gasteiger partial charge in [0.1, 0.15) is 0 Å². The van der Waals surface area contributed by atoms with Gasteiger partial charge < -0.3 is 19.7 Å². The number of amides is 1. The molecule has 1 aromatic carbocycles. The van der Waals surface area contributed by atoms with Crippen molar-refractivity contribution in [1.82, 2.24) is 14.9 Å². The first-order valence-electron chi connectivity index (χ1n) is 7.24. The lowest BCUT2D eigenvalue weighted by Gasteiger charge is -2.10. The largest absolute Gasteiger partial charge is 0.503 e. The molecule has 7 heteroatoms. The highest BCUT2D eigenvalue weighted by molar-refractivity contribution is 5.88. The topological polar surface area (TPSA) is 93.5 Å². The van der Waals surface area contributed by atoms with Crippen molar-refractivity contribution in [3.63, 3.8) is 0 Å². The number of nitrogens with zero attached hydrogens (tertiary/aromatic N) is 2. The highest BCUT2D eigenvalue weighted by atomic mass is 16.6. The number of pyridine rings is 2. The molecule has 0 aliphatic carbocycles. The van der Waals surface area contributed by atoms with Gasteiger partial charge in [0, 0.05) is 24.8 Å². The van der Waals surface area contributed by atoms with Crippen LogP contribution in [0.5, 0.6) is 11.6 Å². The van der Waals surface area contributed by atoms with Crippen LogP contribution in [0.15, 0.2) is 53.6 Å². The lowest BCUT2D eigenvalue weighted by Crippen LogP contribution is -2.23. The first-order valence-corrected chi connectivity index (χ1v) is 7.24. The molecule has 2 aromatic heterocycles. The molecule has 0 radical (unpaired) electrons. The molecule has 0 spiro atoms. The lowest BCUT2D eigenvalue weighted by atomic mass is 10.2. The van der Waals surface area contributed by atoms with E-state index in [9.17, 15) is 14.7 Å². The SMILES string of the molecule is CNC(=O)Oc1ncc2c(=O)n(Cc3ccccc3)ccc2c1O. The first kappa shape index (κ1) is 15.5. The fourth-order valence-electron chi connectivity index (χ4n) is 2.34. The molecule has 3 aromatic rings. The molecule has 0 saturated heterocycles. The third-order valence-corrected chi connectivity index (χ3v) is 3.56. The smallest absolute Gasteiger partial charge is 0.413 e. The maximum Gasteiger partial charge on any atom is 0.413 e. The molecule has 0 bridgehead atoms. The number of ether oxygens (including phenoxy) is 1. The van der Waals surface area contributed by atoms with Crippen molar-refractivity contribution in [2.24, 2.45) is 0 Å². The van der Waals surface area contributed by atoms with E-state index in [0.29, 0.717) is 6.54 Å². The van der Waals surface area contributed by atoms with E-state index in [1.54, 1.807) is 12.3 Å². The Morgan fingerprint density at radius 3 is 2.71 bits per heavy atom. The Morgan fingerprint density at radius 1 is 1.25 bits per heavy atom. The van der Waals surface area contributed by atoms with Gasteiger partial charge in [-0.05, 0) is 11.6 Å². The van der Waals surface area contributed by atoms with Crippen LogP contribution < -0.4 is 15.6 Å². The minimum Gasteiger partial charge on any atom is -0.503 e. The number of fused-ring (bicyclic) bond motifs is 1. The van der Waals surface area contributed by atoms with Gasteiger partial charge in [0.05, 0.1) is 11.9 Å². The van der Waals surface area contributed by atoms with E-state index in [4.69, 9.17) is 4.74 Å². The summed E-state index contributed by atoms with van der Waals surface area (Å²) in [6.07, 6.45) is 2.12. The normalized spacial score (nSPS) is 10.5. The van der Waals surface area contributed by atoms with Crippen LogP contribution >= 0.6 is 0 Å². The maximum atomic E-state index is 12.6. The number of carbonyl (C=O) groups is 1. The van der Waals surface area contributed by atoms with Crippen LogP contribution in [0.2, 0.25) is 0 Å². The molecule has 2 N–H and O–H groups in total. The third kappa shape index (κ3) is 2.91. The summed E-state index contributed by atoms with van der Waals surface area (Å²) in [5.74, 6) is -0.595. The van der Waals surface area contributed by atoms with E-state index in [1.165, 1.54) is 17.8 Å². The Hall–Kier alpha value is -3.35. The molecule has 1 amide bonds. The fraction of sp³-hybridized carbons (Fsp3) is 0.118. The van der Waals surface area contributed by atoms with Crippen molar-refractivity contribution >= 4 is 16.9 Å². The van der Waals surface area contributed by atoms with Gasteiger partial charge >= 0.3 is 6.09 Å². The Balaban J connectivity index is 2.02. The second kappa shape index (κ2) is 6.41. The van der Waals surface area contributed by atoms with Crippen LogP contribution in [-0.4, -0.2) is 27.8 Å². The zero-order valence-corrected chi connectivity index (χ0v) is 12.9. The van der Waals surface area contributed by atoms with E-state index in [1.807, 2.05) is 30.3 Å². The van der Waals surface area contributed by atoms with Crippen LogP contribution in [-0.2, 0) is 6.54 Å². The zero-order chi connectivity index (χ0) is 17.1. The zero-order valence-electron chi connectivity index (χ0n) is 12.9. The summed E-state index contributed by atoms with van der Waals surface area (Å²) in [5, 5.41) is 13.0. The molecule has 0 fully saturated rings. The summed E-state index contributed by atoms with van der Waals surface area (Å²) in [5.41, 5.74) is 0.696. The average Bonchev–Trinajstić information content (AvgIpc) is 2.60. The lowest BCUT2D eigenvalue weighted by molar-refractivity contribution is 0.199. The molecule has 3 rings (SSSR count). The summed E-state index contributed by atoms with van der Waals surface area (Å²) in [6, 6.07) is 11.1. The van der Waals surface area contributed by atoms with E-state index < -0.39 is 6.09 Å². The Bertz CT molecular complexity index is 951. The number of aromatic hydroxyl groups is 1. The quantitative estimate of drug-likeness (QED) is 0.767. The van der Waals surface area contributed by atoms with E-state index in [0.717, 1.165) is 5.56 Å². The standard InChI is InChI=1S/C17H15N3O4/c1-18-17(23)24-15-14(21)12-7-8-20(16(22)13(12)9-19-15)10-11-5-3-2-4-6-11/h2-9,21H,10H2,1H3,(H,18,23). The minimum absolute atomic E-state index is 0.246. The summed E-state index contributed by atoms with van der Waals surface area (Å²) in [4.78, 5) is 27.7. The second-order valence-electron chi connectivity index (χ2n) is 5.11. The van der Waals surface area contributed by atoms with Crippen molar-refractivity contribution < 1.29 is 14.6 Å². The van der Waals surface area contributed by atoms with Gasteiger partial charge in [-0.2, -0.15) is 0 Å². The van der Waals surface area contributed by atoms with Crippen molar-refractivity contribution in [3.8, 4) is 11.6 Å². The second-order valence-corrected chi connectivity index (χ2v) is 5.11. The average molecular weight is 325 g/mol. The van der Waals surface area contributed by atoms with Crippen LogP contribution in [0.1, 0.15) is 5.56 Å². The van der Waals surface area contributed by atoms with Gasteiger partial charge in [-0.25, -0.2) is 9.78 Å². The van der Waals surface area contributed by atoms with Crippen LogP contribution in [0.25, 0.3) is 10.8 Å². The number of nitrogens with one attached hydrogen (secondary N) is 1. The van der Waals surface area contributed by atoms with Gasteiger partial charge in [-0.15, -0.1) is 0 Å². The van der Waals surface area contributed by atoms with Gasteiger partial charge in [-0.3, -0.25) is 4.79 Å². The Kier molecular flexibility index (Phi) is 4.15. The van der Waals surface area contributed by atoms with Gasteiger partial charge in [0.15, 0.2) is 5.75 Å². The Morgan fingerprint density at radius 2 is 2.00 bits per heavy atom. The molecule has 0 atom stereocenters. The Labute approximate surface area is 137 Å². The number of rotatable bonds is 3. The monoisotopic (exact) mass is 325 g/mol. The summed E-state index contributed by atoms with van der Waals surface area (Å²) < 4.78 is 6.37. The number of hydrogen-bond acceptors (Lipinski definition) is 5. The summed E-state index contributed by atoms with van der Waals surface area (Å²) >= 11 is 0. The van der Waals surface area contributed by atoms with Crippen molar-refractivity contribution in [1.29, 1.82) is 0 Å². The summed E-state index contributed by atoms with van der Waals surface area (Å²) in [6.45, 7) is 0.410. The molecular formula is C17H15N3O4. The molecule has 0 aliphatic rings. The van der Waals surface area contributed by atoms with Crippen LogP contribution in [0, 0.1) is 0 Å². The molecule has 7 nitrogen and oxygen atoms in total. The summed E-state index contributed by atoms with van der Waals surface area (Å²) in [7, 11) is 1.39. The van der Waals surface area contributed by atoms with Crippen LogP contribution in [0.3, 0.4) is 0 Å². The number of benzene rings is 1.